The van der Waals surface area contributed by atoms with E-state index in [1.807, 2.05) is 11.0 Å². The maximum absolute atomic E-state index is 12.9. The number of carbonyl (C=O) groups is 1. The Morgan fingerprint density at radius 3 is 1.89 bits per heavy atom. The molecule has 0 rings (SSSR count). The van der Waals surface area contributed by atoms with Crippen LogP contribution in [0.25, 0.3) is 0 Å². The second-order valence-electron chi connectivity index (χ2n) is 10.9. The molecule has 0 aromatic carbocycles. The summed E-state index contributed by atoms with van der Waals surface area (Å²) in [5.74, 6) is 0.194. The first-order valence-corrected chi connectivity index (χ1v) is 23.6. The summed E-state index contributed by atoms with van der Waals surface area (Å²) in [6.45, 7) is 20.7. The molecule has 0 unspecified atom stereocenters. The molecule has 0 aromatic heterocycles. The average molecular weight is 504 g/mol. The van der Waals surface area contributed by atoms with E-state index in [4.69, 9.17) is 4.43 Å². The Kier molecular flexibility index (Phi) is 10.9. The Morgan fingerprint density at radius 2 is 1.52 bits per heavy atom. The van der Waals surface area contributed by atoms with Crippen molar-refractivity contribution >= 4 is 32.6 Å². The number of hydrogen-bond acceptors (Lipinski definition) is 2. The molecule has 0 aliphatic carbocycles. The zero-order chi connectivity index (χ0) is 21.6. The summed E-state index contributed by atoms with van der Waals surface area (Å²) in [6.07, 6.45) is 5.24. The SMILES string of the molecule is CC(C)N(C(=O)/C=[C](/CCCCO[Si](C)(C)C(C)(C)C)[Sn]([CH3])([CH3])[CH3])C(C)C. The van der Waals surface area contributed by atoms with Crippen LogP contribution in [0, 0.1) is 0 Å². The van der Waals surface area contributed by atoms with Crippen LogP contribution in [-0.2, 0) is 9.22 Å². The summed E-state index contributed by atoms with van der Waals surface area (Å²) in [6, 6.07) is 0.478. The van der Waals surface area contributed by atoms with Gasteiger partial charge in [-0.2, -0.15) is 0 Å². The molecule has 0 radical (unpaired) electrons. The summed E-state index contributed by atoms with van der Waals surface area (Å²) in [5, 5.41) is 0.267. The number of rotatable bonds is 10. The third-order valence-corrected chi connectivity index (χ3v) is 16.9. The predicted octanol–water partition coefficient (Wildman–Crippen LogP) is 6.63. The maximum atomic E-state index is 12.9. The summed E-state index contributed by atoms with van der Waals surface area (Å²) < 4.78 is 7.76. The van der Waals surface area contributed by atoms with Crippen molar-refractivity contribution in [2.24, 2.45) is 0 Å². The first kappa shape index (κ1) is 27.2. The molecule has 0 saturated carbocycles. The Morgan fingerprint density at radius 1 is 1.04 bits per heavy atom. The van der Waals surface area contributed by atoms with Crippen molar-refractivity contribution in [1.82, 2.24) is 4.90 Å². The van der Waals surface area contributed by atoms with E-state index in [9.17, 15) is 4.79 Å². The number of nitrogens with zero attached hydrogens (tertiary/aromatic N) is 1. The molecular weight excluding hydrogens is 457 g/mol. The average Bonchev–Trinajstić information content (AvgIpc) is 2.42. The molecule has 0 bridgehead atoms. The quantitative estimate of drug-likeness (QED) is 0.190. The number of carbonyl (C=O) groups excluding carboxylic acids is 1. The van der Waals surface area contributed by atoms with Crippen molar-refractivity contribution in [2.45, 2.75) is 113 Å². The van der Waals surface area contributed by atoms with Gasteiger partial charge in [0.15, 0.2) is 0 Å². The van der Waals surface area contributed by atoms with E-state index in [1.165, 1.54) is 3.59 Å². The Bertz CT molecular complexity index is 491. The standard InChI is InChI=1S/C19H38NO2Si.3CH3.Sn/c1-16(2)20(17(3)4)18(21)14-12-10-11-13-15-22-23(8,9)19(5,6)7;;;;/h14,16-17H,10-11,13,15H2,1-9H3;3*1H3;. The summed E-state index contributed by atoms with van der Waals surface area (Å²) in [4.78, 5) is 22.1. The monoisotopic (exact) mass is 505 g/mol. The van der Waals surface area contributed by atoms with Crippen LogP contribution in [0.2, 0.25) is 33.0 Å². The number of unbranched alkanes of at least 4 members (excludes halogenated alkanes) is 1. The van der Waals surface area contributed by atoms with Crippen LogP contribution >= 0.6 is 0 Å². The number of allylic oxidation sites excluding steroid dienone is 1. The predicted molar refractivity (Wildman–Crippen MR) is 126 cm³/mol. The Hall–Kier alpha value is 0.186. The molecule has 3 nitrogen and oxygen atoms in total. The van der Waals surface area contributed by atoms with Gasteiger partial charge in [-0.15, -0.1) is 0 Å². The van der Waals surface area contributed by atoms with Crippen LogP contribution < -0.4 is 0 Å². The van der Waals surface area contributed by atoms with Gasteiger partial charge in [0, 0.05) is 0 Å². The van der Waals surface area contributed by atoms with E-state index in [-0.39, 0.29) is 23.0 Å². The Balaban J connectivity index is 4.90. The molecule has 0 spiro atoms. The van der Waals surface area contributed by atoms with Crippen molar-refractivity contribution < 1.29 is 9.22 Å². The molecule has 0 aliphatic heterocycles. The van der Waals surface area contributed by atoms with Crippen LogP contribution in [0.5, 0.6) is 0 Å². The molecule has 1 amide bonds. The van der Waals surface area contributed by atoms with Crippen LogP contribution in [0.3, 0.4) is 0 Å². The van der Waals surface area contributed by atoms with Gasteiger partial charge in [-0.1, -0.05) is 0 Å². The third kappa shape index (κ3) is 9.48. The summed E-state index contributed by atoms with van der Waals surface area (Å²) in [7, 11) is -1.65. The molecule has 0 saturated heterocycles. The van der Waals surface area contributed by atoms with E-state index in [0.717, 1.165) is 25.9 Å². The van der Waals surface area contributed by atoms with E-state index in [1.54, 1.807) is 0 Å². The second-order valence-corrected chi connectivity index (χ2v) is 30.4. The Labute approximate surface area is 175 Å². The van der Waals surface area contributed by atoms with Crippen LogP contribution in [-0.4, -0.2) is 56.2 Å². The van der Waals surface area contributed by atoms with Gasteiger partial charge in [-0.3, -0.25) is 0 Å². The fraction of sp³-hybridized carbons (Fsp3) is 0.864. The van der Waals surface area contributed by atoms with Gasteiger partial charge in [0.2, 0.25) is 0 Å². The van der Waals surface area contributed by atoms with Gasteiger partial charge in [0.05, 0.1) is 0 Å². The van der Waals surface area contributed by atoms with Gasteiger partial charge < -0.3 is 0 Å². The number of hydrogen-bond donors (Lipinski definition) is 0. The van der Waals surface area contributed by atoms with Crippen molar-refractivity contribution in [1.29, 1.82) is 0 Å². The van der Waals surface area contributed by atoms with Gasteiger partial charge in [0.25, 0.3) is 0 Å². The first-order valence-electron chi connectivity index (χ1n) is 10.7. The fourth-order valence-corrected chi connectivity index (χ4v) is 8.27. The normalized spacial score (nSPS) is 14.2. The fourth-order valence-electron chi connectivity index (χ4n) is 2.95. The van der Waals surface area contributed by atoms with E-state index >= 15 is 0 Å². The zero-order valence-electron chi connectivity index (χ0n) is 20.3. The second kappa shape index (κ2) is 10.8. The minimum atomic E-state index is -2.29. The molecular formula is C22H47NO2SiSn. The molecule has 27 heavy (non-hydrogen) atoms. The topological polar surface area (TPSA) is 29.5 Å². The molecule has 0 fully saturated rings. The van der Waals surface area contributed by atoms with Crippen LogP contribution in [0.4, 0.5) is 0 Å². The van der Waals surface area contributed by atoms with Gasteiger partial charge in [-0.25, -0.2) is 0 Å². The van der Waals surface area contributed by atoms with Crippen molar-refractivity contribution in [2.75, 3.05) is 6.61 Å². The molecule has 0 aromatic rings. The zero-order valence-corrected chi connectivity index (χ0v) is 24.2. The molecule has 160 valence electrons. The van der Waals surface area contributed by atoms with E-state index in [0.29, 0.717) is 0 Å². The molecule has 0 aliphatic rings. The van der Waals surface area contributed by atoms with Gasteiger partial charge >= 0.3 is 176 Å². The number of amides is 1. The van der Waals surface area contributed by atoms with Gasteiger partial charge in [-0.05, 0) is 0 Å². The van der Waals surface area contributed by atoms with Crippen LogP contribution in [0.1, 0.15) is 67.7 Å². The molecule has 0 atom stereocenters. The minimum absolute atomic E-state index is 0.194. The third-order valence-electron chi connectivity index (χ3n) is 5.74. The summed E-state index contributed by atoms with van der Waals surface area (Å²) >= 11 is -2.29. The molecule has 0 heterocycles. The molecule has 0 N–H and O–H groups in total. The van der Waals surface area contributed by atoms with Crippen molar-refractivity contribution in [3.05, 3.63) is 9.67 Å². The molecule has 5 heteroatoms. The van der Waals surface area contributed by atoms with E-state index in [2.05, 4.69) is 76.4 Å². The van der Waals surface area contributed by atoms with Crippen LogP contribution in [0.15, 0.2) is 9.67 Å². The summed E-state index contributed by atoms with van der Waals surface area (Å²) in [5.41, 5.74) is 0. The van der Waals surface area contributed by atoms with Gasteiger partial charge in [0.1, 0.15) is 0 Å². The first-order chi connectivity index (χ1) is 12.0. The van der Waals surface area contributed by atoms with Crippen molar-refractivity contribution in [3.63, 3.8) is 0 Å². The van der Waals surface area contributed by atoms with Crippen molar-refractivity contribution in [3.8, 4) is 0 Å². The van der Waals surface area contributed by atoms with E-state index < -0.39 is 26.7 Å².